The predicted molar refractivity (Wildman–Crippen MR) is 93.2 cm³/mol. The molecule has 1 heterocycles. The SMILES string of the molecule is COc1ccc(COCCCNC(=O)C2CCCCN2)cc1.Cl. The van der Waals surface area contributed by atoms with Crippen molar-refractivity contribution < 1.29 is 14.3 Å². The fourth-order valence-corrected chi connectivity index (χ4v) is 2.50. The molecule has 0 aliphatic carbocycles. The zero-order valence-corrected chi connectivity index (χ0v) is 14.5. The molecule has 1 saturated heterocycles. The van der Waals surface area contributed by atoms with Crippen LogP contribution in [0.4, 0.5) is 0 Å². The van der Waals surface area contributed by atoms with Crippen LogP contribution in [0.3, 0.4) is 0 Å². The fourth-order valence-electron chi connectivity index (χ4n) is 2.50. The molecule has 0 spiro atoms. The van der Waals surface area contributed by atoms with Gasteiger partial charge in [-0.15, -0.1) is 12.4 Å². The third-order valence-electron chi connectivity index (χ3n) is 3.82. The molecule has 130 valence electrons. The molecule has 5 nitrogen and oxygen atoms in total. The summed E-state index contributed by atoms with van der Waals surface area (Å²) >= 11 is 0. The molecule has 1 unspecified atom stereocenters. The number of carbonyl (C=O) groups is 1. The second-order valence-electron chi connectivity index (χ2n) is 5.55. The Bertz CT molecular complexity index is 448. The zero-order valence-electron chi connectivity index (χ0n) is 13.7. The molecule has 1 atom stereocenters. The number of hydrogen-bond acceptors (Lipinski definition) is 4. The molecule has 23 heavy (non-hydrogen) atoms. The van der Waals surface area contributed by atoms with Crippen LogP contribution in [0.5, 0.6) is 5.75 Å². The summed E-state index contributed by atoms with van der Waals surface area (Å²) < 4.78 is 10.7. The Labute approximate surface area is 144 Å². The van der Waals surface area contributed by atoms with Crippen molar-refractivity contribution in [2.24, 2.45) is 0 Å². The normalized spacial score (nSPS) is 17.2. The van der Waals surface area contributed by atoms with Crippen LogP contribution in [0.15, 0.2) is 24.3 Å². The topological polar surface area (TPSA) is 59.6 Å². The number of benzene rings is 1. The van der Waals surface area contributed by atoms with E-state index < -0.39 is 0 Å². The van der Waals surface area contributed by atoms with E-state index >= 15 is 0 Å². The first-order chi connectivity index (χ1) is 10.8. The van der Waals surface area contributed by atoms with Gasteiger partial charge in [-0.05, 0) is 43.5 Å². The van der Waals surface area contributed by atoms with Crippen molar-refractivity contribution in [1.29, 1.82) is 0 Å². The highest BCUT2D eigenvalue weighted by Crippen LogP contribution is 2.12. The lowest BCUT2D eigenvalue weighted by molar-refractivity contribution is -0.123. The maximum Gasteiger partial charge on any atom is 0.237 e. The summed E-state index contributed by atoms with van der Waals surface area (Å²) in [5.74, 6) is 0.970. The van der Waals surface area contributed by atoms with E-state index in [4.69, 9.17) is 9.47 Å². The van der Waals surface area contributed by atoms with Gasteiger partial charge in [0.1, 0.15) is 5.75 Å². The van der Waals surface area contributed by atoms with Gasteiger partial charge in [0.05, 0.1) is 19.8 Å². The molecule has 0 aromatic heterocycles. The summed E-state index contributed by atoms with van der Waals surface area (Å²) in [6.45, 7) is 2.84. The summed E-state index contributed by atoms with van der Waals surface area (Å²) in [5, 5.41) is 6.22. The van der Waals surface area contributed by atoms with E-state index in [1.807, 2.05) is 24.3 Å². The van der Waals surface area contributed by atoms with Gasteiger partial charge in [-0.3, -0.25) is 4.79 Å². The second-order valence-corrected chi connectivity index (χ2v) is 5.55. The van der Waals surface area contributed by atoms with Gasteiger partial charge in [0.25, 0.3) is 0 Å². The van der Waals surface area contributed by atoms with Gasteiger partial charge in [0.15, 0.2) is 0 Å². The lowest BCUT2D eigenvalue weighted by Crippen LogP contribution is -2.46. The number of hydrogen-bond donors (Lipinski definition) is 2. The first-order valence-electron chi connectivity index (χ1n) is 8.01. The van der Waals surface area contributed by atoms with Crippen LogP contribution in [-0.4, -0.2) is 38.8 Å². The van der Waals surface area contributed by atoms with Gasteiger partial charge >= 0.3 is 0 Å². The highest BCUT2D eigenvalue weighted by molar-refractivity contribution is 5.85. The molecule has 2 N–H and O–H groups in total. The molecule has 0 bridgehead atoms. The molecule has 1 aromatic rings. The number of nitrogens with one attached hydrogen (secondary N) is 2. The standard InChI is InChI=1S/C17H26N2O3.ClH/c1-21-15-8-6-14(7-9-15)13-22-12-4-11-19-17(20)16-5-2-3-10-18-16;/h6-9,16,18H,2-5,10-13H2,1H3,(H,19,20);1H. The van der Waals surface area contributed by atoms with Crippen LogP contribution in [-0.2, 0) is 16.1 Å². The number of carbonyl (C=O) groups excluding carboxylic acids is 1. The first kappa shape index (κ1) is 19.7. The molecule has 1 aliphatic rings. The monoisotopic (exact) mass is 342 g/mol. The highest BCUT2D eigenvalue weighted by atomic mass is 35.5. The number of rotatable bonds is 8. The smallest absolute Gasteiger partial charge is 0.237 e. The van der Waals surface area contributed by atoms with Gasteiger partial charge in [-0.1, -0.05) is 18.6 Å². The molecule has 6 heteroatoms. The van der Waals surface area contributed by atoms with Crippen LogP contribution in [0, 0.1) is 0 Å². The van der Waals surface area contributed by atoms with E-state index in [-0.39, 0.29) is 24.4 Å². The molecular weight excluding hydrogens is 316 g/mol. The molecule has 2 rings (SSSR count). The van der Waals surface area contributed by atoms with Crippen molar-refractivity contribution in [1.82, 2.24) is 10.6 Å². The number of halogens is 1. The van der Waals surface area contributed by atoms with Crippen LogP contribution < -0.4 is 15.4 Å². The minimum Gasteiger partial charge on any atom is -0.497 e. The van der Waals surface area contributed by atoms with Crippen LogP contribution in [0.25, 0.3) is 0 Å². The van der Waals surface area contributed by atoms with E-state index in [1.165, 1.54) is 6.42 Å². The molecule has 1 aliphatic heterocycles. The third kappa shape index (κ3) is 7.20. The fraction of sp³-hybridized carbons (Fsp3) is 0.588. The molecule has 0 radical (unpaired) electrons. The Balaban J connectivity index is 0.00000264. The van der Waals surface area contributed by atoms with Gasteiger partial charge in [0.2, 0.25) is 5.91 Å². The van der Waals surface area contributed by atoms with Crippen molar-refractivity contribution >= 4 is 18.3 Å². The lowest BCUT2D eigenvalue weighted by atomic mass is 10.0. The van der Waals surface area contributed by atoms with Gasteiger partial charge in [-0.2, -0.15) is 0 Å². The Morgan fingerprint density at radius 3 is 2.74 bits per heavy atom. The van der Waals surface area contributed by atoms with Crippen LogP contribution in [0.1, 0.15) is 31.2 Å². The summed E-state index contributed by atoms with van der Waals surface area (Å²) in [6, 6.07) is 7.84. The van der Waals surface area contributed by atoms with E-state index in [1.54, 1.807) is 7.11 Å². The molecule has 1 fully saturated rings. The molecular formula is C17H27ClN2O3. The van der Waals surface area contributed by atoms with Crippen molar-refractivity contribution in [2.75, 3.05) is 26.8 Å². The summed E-state index contributed by atoms with van der Waals surface area (Å²) in [5.41, 5.74) is 1.12. The zero-order chi connectivity index (χ0) is 15.6. The first-order valence-corrected chi connectivity index (χ1v) is 8.01. The second kappa shape index (κ2) is 11.3. The van der Waals surface area contributed by atoms with Gasteiger partial charge in [0, 0.05) is 13.2 Å². The Morgan fingerprint density at radius 1 is 1.30 bits per heavy atom. The van der Waals surface area contributed by atoms with Crippen LogP contribution in [0.2, 0.25) is 0 Å². The van der Waals surface area contributed by atoms with Crippen molar-refractivity contribution in [2.45, 2.75) is 38.3 Å². The summed E-state index contributed by atoms with van der Waals surface area (Å²) in [6.07, 6.45) is 4.08. The molecule has 0 saturated carbocycles. The molecule has 1 aromatic carbocycles. The number of methoxy groups -OCH3 is 1. The average Bonchev–Trinajstić information content (AvgIpc) is 2.59. The minimum atomic E-state index is -0.00559. The van der Waals surface area contributed by atoms with Crippen molar-refractivity contribution in [3.8, 4) is 5.75 Å². The van der Waals surface area contributed by atoms with E-state index in [0.717, 1.165) is 37.1 Å². The Morgan fingerprint density at radius 2 is 2.09 bits per heavy atom. The summed E-state index contributed by atoms with van der Waals surface area (Å²) in [4.78, 5) is 11.9. The lowest BCUT2D eigenvalue weighted by Gasteiger charge is -2.22. The Kier molecular flexibility index (Phi) is 9.67. The number of piperidine rings is 1. The van der Waals surface area contributed by atoms with Crippen molar-refractivity contribution in [3.63, 3.8) is 0 Å². The highest BCUT2D eigenvalue weighted by Gasteiger charge is 2.19. The van der Waals surface area contributed by atoms with E-state index in [2.05, 4.69) is 10.6 Å². The predicted octanol–water partition coefficient (Wildman–Crippen LogP) is 2.28. The maximum atomic E-state index is 11.9. The maximum absolute atomic E-state index is 11.9. The third-order valence-corrected chi connectivity index (χ3v) is 3.82. The van der Waals surface area contributed by atoms with E-state index in [9.17, 15) is 4.79 Å². The number of amides is 1. The quantitative estimate of drug-likeness (QED) is 0.712. The summed E-state index contributed by atoms with van der Waals surface area (Å²) in [7, 11) is 1.66. The van der Waals surface area contributed by atoms with E-state index in [0.29, 0.717) is 19.8 Å². The Hall–Kier alpha value is -1.30. The van der Waals surface area contributed by atoms with Gasteiger partial charge < -0.3 is 20.1 Å². The molecule has 1 amide bonds. The van der Waals surface area contributed by atoms with Crippen molar-refractivity contribution in [3.05, 3.63) is 29.8 Å². The van der Waals surface area contributed by atoms with Gasteiger partial charge in [-0.25, -0.2) is 0 Å². The largest absolute Gasteiger partial charge is 0.497 e. The van der Waals surface area contributed by atoms with Crippen LogP contribution >= 0.6 is 12.4 Å². The number of ether oxygens (including phenoxy) is 2. The minimum absolute atomic E-state index is 0. The average molecular weight is 343 g/mol.